The molecule has 0 bridgehead atoms. The first kappa shape index (κ1) is 14.3. The molecule has 0 spiro atoms. The van der Waals surface area contributed by atoms with Crippen LogP contribution < -0.4 is 9.47 Å². The van der Waals surface area contributed by atoms with E-state index < -0.39 is 17.7 Å². The minimum atomic E-state index is -1.38. The Morgan fingerprint density at radius 2 is 1.55 bits per heavy atom. The average Bonchev–Trinajstić information content (AvgIpc) is 2.45. The molecule has 1 N–H and O–H groups in total. The Morgan fingerprint density at radius 3 is 2.10 bits per heavy atom. The van der Waals surface area contributed by atoms with Crippen LogP contribution in [0.3, 0.4) is 0 Å². The molecule has 20 heavy (non-hydrogen) atoms. The summed E-state index contributed by atoms with van der Waals surface area (Å²) in [5.74, 6) is -0.452. The van der Waals surface area contributed by atoms with Gasteiger partial charge in [-0.15, -0.1) is 0 Å². The van der Waals surface area contributed by atoms with Crippen LogP contribution >= 0.6 is 0 Å². The third-order valence-corrected chi connectivity index (χ3v) is 2.80. The maximum Gasteiger partial charge on any atom is 0.132 e. The summed E-state index contributed by atoms with van der Waals surface area (Å²) in [5.41, 5.74) is -0.388. The topological polar surface area (TPSA) is 38.7 Å². The number of halogens is 2. The molecule has 0 aliphatic carbocycles. The van der Waals surface area contributed by atoms with Crippen LogP contribution in [0.4, 0.5) is 8.78 Å². The van der Waals surface area contributed by atoms with E-state index in [0.29, 0.717) is 11.5 Å². The zero-order valence-electron chi connectivity index (χ0n) is 10.8. The summed E-state index contributed by atoms with van der Waals surface area (Å²) in [5, 5.41) is 9.81. The smallest absolute Gasteiger partial charge is 0.132 e. The van der Waals surface area contributed by atoms with Gasteiger partial charge in [0.1, 0.15) is 35.8 Å². The van der Waals surface area contributed by atoms with Crippen molar-refractivity contribution in [1.29, 1.82) is 0 Å². The number of hydrogen-bond acceptors (Lipinski definition) is 3. The van der Waals surface area contributed by atoms with E-state index in [0.717, 1.165) is 12.1 Å². The Balaban J connectivity index is 2.02. The first-order valence-electron chi connectivity index (χ1n) is 6.00. The first-order chi connectivity index (χ1) is 9.61. The van der Waals surface area contributed by atoms with Crippen LogP contribution in [0, 0.1) is 11.6 Å². The van der Waals surface area contributed by atoms with Gasteiger partial charge in [-0.2, -0.15) is 0 Å². The van der Waals surface area contributed by atoms with Gasteiger partial charge in [0.25, 0.3) is 0 Å². The number of methoxy groups -OCH3 is 1. The minimum absolute atomic E-state index is 0.246. The summed E-state index contributed by atoms with van der Waals surface area (Å²) in [6.07, 6.45) is -1.38. The van der Waals surface area contributed by atoms with Crippen molar-refractivity contribution in [1.82, 2.24) is 0 Å². The Bertz CT molecular complexity index is 550. The Morgan fingerprint density at radius 1 is 1.00 bits per heavy atom. The Labute approximate surface area is 115 Å². The van der Waals surface area contributed by atoms with E-state index in [1.165, 1.54) is 6.07 Å². The van der Waals surface area contributed by atoms with E-state index in [1.807, 2.05) is 0 Å². The molecule has 1 atom stereocenters. The molecule has 0 heterocycles. The lowest BCUT2D eigenvalue weighted by Crippen LogP contribution is -2.13. The molecule has 3 nitrogen and oxygen atoms in total. The van der Waals surface area contributed by atoms with E-state index in [4.69, 9.17) is 9.47 Å². The van der Waals surface area contributed by atoms with Crippen LogP contribution in [0.15, 0.2) is 42.5 Å². The van der Waals surface area contributed by atoms with Gasteiger partial charge in [0.2, 0.25) is 0 Å². The maximum absolute atomic E-state index is 13.5. The molecule has 0 saturated heterocycles. The molecule has 0 saturated carbocycles. The van der Waals surface area contributed by atoms with E-state index in [9.17, 15) is 13.9 Å². The van der Waals surface area contributed by atoms with Gasteiger partial charge in [-0.3, -0.25) is 0 Å². The van der Waals surface area contributed by atoms with Crippen molar-refractivity contribution in [3.05, 3.63) is 59.7 Å². The highest BCUT2D eigenvalue weighted by molar-refractivity contribution is 5.31. The predicted molar refractivity (Wildman–Crippen MR) is 69.8 cm³/mol. The van der Waals surface area contributed by atoms with Crippen LogP contribution in [-0.2, 0) is 0 Å². The molecule has 0 aliphatic rings. The molecule has 0 aliphatic heterocycles. The summed E-state index contributed by atoms with van der Waals surface area (Å²) >= 11 is 0. The first-order valence-corrected chi connectivity index (χ1v) is 6.00. The van der Waals surface area contributed by atoms with Crippen molar-refractivity contribution in [3.63, 3.8) is 0 Å². The molecule has 0 amide bonds. The molecular formula is C15H14F2O3. The van der Waals surface area contributed by atoms with Gasteiger partial charge in [0.15, 0.2) is 0 Å². The van der Waals surface area contributed by atoms with Crippen LogP contribution in [0.5, 0.6) is 11.5 Å². The van der Waals surface area contributed by atoms with Crippen molar-refractivity contribution < 1.29 is 23.4 Å². The van der Waals surface area contributed by atoms with Crippen LogP contribution in [0.2, 0.25) is 0 Å². The van der Waals surface area contributed by atoms with E-state index >= 15 is 0 Å². The highest BCUT2D eigenvalue weighted by Gasteiger charge is 2.18. The number of aliphatic hydroxyl groups excluding tert-OH is 1. The van der Waals surface area contributed by atoms with Crippen molar-refractivity contribution in [3.8, 4) is 11.5 Å². The van der Waals surface area contributed by atoms with Gasteiger partial charge >= 0.3 is 0 Å². The normalized spacial score (nSPS) is 12.0. The molecule has 0 fully saturated rings. The maximum atomic E-state index is 13.5. The molecule has 2 rings (SSSR count). The van der Waals surface area contributed by atoms with Gasteiger partial charge in [-0.1, -0.05) is 6.07 Å². The van der Waals surface area contributed by atoms with E-state index in [2.05, 4.69) is 0 Å². The fraction of sp³-hybridized carbons (Fsp3) is 0.200. The second-order valence-electron chi connectivity index (χ2n) is 4.14. The van der Waals surface area contributed by atoms with Crippen molar-refractivity contribution in [2.24, 2.45) is 0 Å². The van der Waals surface area contributed by atoms with Gasteiger partial charge in [0.05, 0.1) is 12.7 Å². The van der Waals surface area contributed by atoms with Crippen molar-refractivity contribution in [2.45, 2.75) is 6.10 Å². The number of rotatable bonds is 5. The van der Waals surface area contributed by atoms with Gasteiger partial charge in [-0.25, -0.2) is 8.78 Å². The second kappa shape index (κ2) is 6.34. The number of aliphatic hydroxyl groups is 1. The molecule has 5 heteroatoms. The third kappa shape index (κ3) is 3.24. The third-order valence-electron chi connectivity index (χ3n) is 2.80. The Kier molecular flexibility index (Phi) is 4.53. The number of hydrogen-bond donors (Lipinski definition) is 1. The summed E-state index contributed by atoms with van der Waals surface area (Å²) in [6.45, 7) is -0.246. The highest BCUT2D eigenvalue weighted by Crippen LogP contribution is 2.23. The largest absolute Gasteiger partial charge is 0.497 e. The molecule has 106 valence electrons. The lowest BCUT2D eigenvalue weighted by molar-refractivity contribution is 0.101. The molecule has 1 unspecified atom stereocenters. The van der Waals surface area contributed by atoms with Crippen molar-refractivity contribution in [2.75, 3.05) is 13.7 Å². The summed E-state index contributed by atoms with van der Waals surface area (Å²) in [7, 11) is 1.54. The number of ether oxygens (including phenoxy) is 2. The molecule has 0 aromatic heterocycles. The predicted octanol–water partition coefficient (Wildman–Crippen LogP) is 3.09. The highest BCUT2D eigenvalue weighted by atomic mass is 19.1. The molecule has 0 radical (unpaired) electrons. The lowest BCUT2D eigenvalue weighted by atomic mass is 10.1. The van der Waals surface area contributed by atoms with E-state index in [-0.39, 0.29) is 12.2 Å². The summed E-state index contributed by atoms with van der Waals surface area (Å²) in [6, 6.07) is 10.1. The SMILES string of the molecule is COc1ccc(OCC(O)c2c(F)cccc2F)cc1. The fourth-order valence-corrected chi connectivity index (χ4v) is 1.76. The monoisotopic (exact) mass is 280 g/mol. The summed E-state index contributed by atoms with van der Waals surface area (Å²) < 4.78 is 37.2. The van der Waals surface area contributed by atoms with Crippen molar-refractivity contribution >= 4 is 0 Å². The average molecular weight is 280 g/mol. The van der Waals surface area contributed by atoms with E-state index in [1.54, 1.807) is 31.4 Å². The van der Waals surface area contributed by atoms with Crippen LogP contribution in [0.25, 0.3) is 0 Å². The molecule has 2 aromatic rings. The standard InChI is InChI=1S/C15H14F2O3/c1-19-10-5-7-11(8-6-10)20-9-14(18)15-12(16)3-2-4-13(15)17/h2-8,14,18H,9H2,1H3. The zero-order valence-corrected chi connectivity index (χ0v) is 10.8. The molecule has 2 aromatic carbocycles. The fourth-order valence-electron chi connectivity index (χ4n) is 1.76. The van der Waals surface area contributed by atoms with Crippen LogP contribution in [0.1, 0.15) is 11.7 Å². The van der Waals surface area contributed by atoms with Gasteiger partial charge in [-0.05, 0) is 36.4 Å². The van der Waals surface area contributed by atoms with Gasteiger partial charge in [0, 0.05) is 0 Å². The second-order valence-corrected chi connectivity index (χ2v) is 4.14. The van der Waals surface area contributed by atoms with Crippen LogP contribution in [-0.4, -0.2) is 18.8 Å². The van der Waals surface area contributed by atoms with Gasteiger partial charge < -0.3 is 14.6 Å². The Hall–Kier alpha value is -2.14. The quantitative estimate of drug-likeness (QED) is 0.914. The number of benzene rings is 2. The lowest BCUT2D eigenvalue weighted by Gasteiger charge is -2.14. The molecular weight excluding hydrogens is 266 g/mol. The summed E-state index contributed by atoms with van der Waals surface area (Å²) in [4.78, 5) is 0. The zero-order chi connectivity index (χ0) is 14.5. The minimum Gasteiger partial charge on any atom is -0.497 e.